The van der Waals surface area contributed by atoms with Gasteiger partial charge < -0.3 is 4.74 Å². The van der Waals surface area contributed by atoms with E-state index in [4.69, 9.17) is 4.74 Å². The van der Waals surface area contributed by atoms with Gasteiger partial charge in [-0.05, 0) is 33.6 Å². The van der Waals surface area contributed by atoms with E-state index >= 15 is 0 Å². The minimum absolute atomic E-state index is 0.0562. The van der Waals surface area contributed by atoms with Gasteiger partial charge in [-0.15, -0.1) is 0 Å². The van der Waals surface area contributed by atoms with Gasteiger partial charge in [0.05, 0.1) is 5.92 Å². The highest BCUT2D eigenvalue weighted by Gasteiger charge is 2.37. The van der Waals surface area contributed by atoms with E-state index in [-0.39, 0.29) is 5.57 Å². The molecule has 0 heterocycles. The van der Waals surface area contributed by atoms with Gasteiger partial charge in [-0.3, -0.25) is 4.79 Å². The molecule has 0 spiro atoms. The second-order valence-electron chi connectivity index (χ2n) is 4.41. The minimum atomic E-state index is -1.73. The summed E-state index contributed by atoms with van der Waals surface area (Å²) >= 11 is 0. The maximum Gasteiger partial charge on any atom is 0.313 e. The molecule has 0 aromatic heterocycles. The Labute approximate surface area is 81.9 Å². The fourth-order valence-electron chi connectivity index (χ4n) is 1.29. The Morgan fingerprint density at radius 3 is 2.29 bits per heavy atom. The van der Waals surface area contributed by atoms with Crippen molar-refractivity contribution in [3.8, 4) is 0 Å². The monoisotopic (exact) mass is 204 g/mol. The Morgan fingerprint density at radius 1 is 1.43 bits per heavy atom. The second kappa shape index (κ2) is 3.67. The normalized spacial score (nSPS) is 21.5. The molecule has 14 heavy (non-hydrogen) atoms. The first-order valence-corrected chi connectivity index (χ1v) is 4.58. The van der Waals surface area contributed by atoms with Gasteiger partial charge in [0.1, 0.15) is 5.60 Å². The molecular weight excluding hydrogens is 190 g/mol. The number of ether oxygens (including phenoxy) is 1. The van der Waals surface area contributed by atoms with Crippen LogP contribution in [0.2, 0.25) is 0 Å². The van der Waals surface area contributed by atoms with Crippen LogP contribution in [0.25, 0.3) is 0 Å². The van der Waals surface area contributed by atoms with Crippen LogP contribution >= 0.6 is 0 Å². The lowest BCUT2D eigenvalue weighted by Crippen LogP contribution is -2.33. The van der Waals surface area contributed by atoms with E-state index in [1.165, 1.54) is 0 Å². The fourth-order valence-corrected chi connectivity index (χ4v) is 1.29. The van der Waals surface area contributed by atoms with E-state index in [1.54, 1.807) is 20.8 Å². The summed E-state index contributed by atoms with van der Waals surface area (Å²) in [5.74, 6) is -1.24. The lowest BCUT2D eigenvalue weighted by Gasteiger charge is -2.30. The van der Waals surface area contributed by atoms with Crippen molar-refractivity contribution in [2.24, 2.45) is 5.92 Å². The number of carbonyl (C=O) groups is 1. The van der Waals surface area contributed by atoms with Gasteiger partial charge in [0.25, 0.3) is 6.08 Å². The maximum absolute atomic E-state index is 12.2. The van der Waals surface area contributed by atoms with Crippen LogP contribution in [0.3, 0.4) is 0 Å². The summed E-state index contributed by atoms with van der Waals surface area (Å²) in [5.41, 5.74) is -0.663. The number of rotatable bonds is 1. The van der Waals surface area contributed by atoms with E-state index in [0.29, 0.717) is 12.8 Å². The van der Waals surface area contributed by atoms with Gasteiger partial charge in [-0.1, -0.05) is 0 Å². The molecule has 1 atom stereocenters. The zero-order valence-electron chi connectivity index (χ0n) is 8.56. The molecule has 0 radical (unpaired) electrons. The summed E-state index contributed by atoms with van der Waals surface area (Å²) in [7, 11) is 0. The minimum Gasteiger partial charge on any atom is -0.460 e. The Kier molecular flexibility index (Phi) is 2.92. The standard InChI is InChI=1S/C10H14F2O2/c1-10(2,3)14-9(13)7-5-4-6(7)8(11)12/h7H,4-5H2,1-3H3. The van der Waals surface area contributed by atoms with Gasteiger partial charge >= 0.3 is 5.97 Å². The average Bonchev–Trinajstić information content (AvgIpc) is 1.75. The van der Waals surface area contributed by atoms with Crippen molar-refractivity contribution >= 4 is 5.97 Å². The zero-order chi connectivity index (χ0) is 10.9. The molecule has 4 heteroatoms. The van der Waals surface area contributed by atoms with Crippen LogP contribution in [-0.2, 0) is 9.53 Å². The van der Waals surface area contributed by atoms with Crippen molar-refractivity contribution in [3.63, 3.8) is 0 Å². The molecule has 1 aliphatic carbocycles. The van der Waals surface area contributed by atoms with Crippen LogP contribution < -0.4 is 0 Å². The van der Waals surface area contributed by atoms with Crippen LogP contribution in [0.4, 0.5) is 8.78 Å². The first-order chi connectivity index (χ1) is 6.31. The van der Waals surface area contributed by atoms with Crippen LogP contribution in [0.5, 0.6) is 0 Å². The van der Waals surface area contributed by atoms with Crippen molar-refractivity contribution < 1.29 is 18.3 Å². The Bertz CT molecular complexity index is 272. The molecule has 2 nitrogen and oxygen atoms in total. The van der Waals surface area contributed by atoms with E-state index in [1.807, 2.05) is 0 Å². The van der Waals surface area contributed by atoms with Crippen LogP contribution in [0.1, 0.15) is 33.6 Å². The Hall–Kier alpha value is -0.930. The lowest BCUT2D eigenvalue weighted by atomic mass is 9.80. The highest BCUT2D eigenvalue weighted by molar-refractivity contribution is 5.78. The van der Waals surface area contributed by atoms with Crippen molar-refractivity contribution in [1.29, 1.82) is 0 Å². The smallest absolute Gasteiger partial charge is 0.313 e. The highest BCUT2D eigenvalue weighted by atomic mass is 19.3. The predicted molar refractivity (Wildman–Crippen MR) is 47.8 cm³/mol. The Morgan fingerprint density at radius 2 is 2.00 bits per heavy atom. The van der Waals surface area contributed by atoms with E-state index in [2.05, 4.69) is 0 Å². The number of carbonyl (C=O) groups excluding carboxylic acids is 1. The molecule has 0 aliphatic heterocycles. The first kappa shape index (κ1) is 11.1. The van der Waals surface area contributed by atoms with Gasteiger partial charge in [-0.25, -0.2) is 0 Å². The SMILES string of the molecule is CC(C)(C)OC(=O)C1CCC1=C(F)F. The molecule has 80 valence electrons. The summed E-state index contributed by atoms with van der Waals surface area (Å²) in [6, 6.07) is 0. The van der Waals surface area contributed by atoms with Crippen molar-refractivity contribution in [2.45, 2.75) is 39.2 Å². The van der Waals surface area contributed by atoms with Crippen LogP contribution in [0.15, 0.2) is 11.7 Å². The van der Waals surface area contributed by atoms with Crippen molar-refractivity contribution in [3.05, 3.63) is 11.7 Å². The van der Waals surface area contributed by atoms with Gasteiger partial charge in [-0.2, -0.15) is 8.78 Å². The van der Waals surface area contributed by atoms with Crippen LogP contribution in [0, 0.1) is 5.92 Å². The Balaban J connectivity index is 2.60. The largest absolute Gasteiger partial charge is 0.460 e. The summed E-state index contributed by atoms with van der Waals surface area (Å²) in [6.07, 6.45) is -0.944. The summed E-state index contributed by atoms with van der Waals surface area (Å²) in [5, 5.41) is 0. The zero-order valence-corrected chi connectivity index (χ0v) is 8.56. The number of halogens is 2. The molecule has 0 aromatic rings. The van der Waals surface area contributed by atoms with Gasteiger partial charge in [0.2, 0.25) is 0 Å². The molecule has 0 aromatic carbocycles. The number of esters is 1. The third kappa shape index (κ3) is 2.53. The highest BCUT2D eigenvalue weighted by Crippen LogP contribution is 2.38. The number of hydrogen-bond donors (Lipinski definition) is 0. The molecule has 0 bridgehead atoms. The molecule has 1 saturated carbocycles. The third-order valence-corrected chi connectivity index (χ3v) is 2.06. The van der Waals surface area contributed by atoms with E-state index in [0.717, 1.165) is 0 Å². The topological polar surface area (TPSA) is 26.3 Å². The molecule has 1 aliphatic rings. The second-order valence-corrected chi connectivity index (χ2v) is 4.41. The molecule has 0 saturated heterocycles. The first-order valence-electron chi connectivity index (χ1n) is 4.58. The number of hydrogen-bond acceptors (Lipinski definition) is 2. The summed E-state index contributed by atoms with van der Waals surface area (Å²) in [4.78, 5) is 11.4. The fraction of sp³-hybridized carbons (Fsp3) is 0.700. The average molecular weight is 204 g/mol. The van der Waals surface area contributed by atoms with Crippen molar-refractivity contribution in [1.82, 2.24) is 0 Å². The molecule has 1 fully saturated rings. The summed E-state index contributed by atoms with van der Waals surface area (Å²) in [6.45, 7) is 5.16. The predicted octanol–water partition coefficient (Wildman–Crippen LogP) is 2.89. The molecule has 0 amide bonds. The maximum atomic E-state index is 12.2. The lowest BCUT2D eigenvalue weighted by molar-refractivity contribution is -0.160. The van der Waals surface area contributed by atoms with Crippen molar-refractivity contribution in [2.75, 3.05) is 0 Å². The third-order valence-electron chi connectivity index (χ3n) is 2.06. The van der Waals surface area contributed by atoms with E-state index in [9.17, 15) is 13.6 Å². The molecule has 0 N–H and O–H groups in total. The quantitative estimate of drug-likeness (QED) is 0.614. The summed E-state index contributed by atoms with van der Waals surface area (Å²) < 4.78 is 29.4. The molecule has 1 rings (SSSR count). The molecule has 1 unspecified atom stereocenters. The van der Waals surface area contributed by atoms with Gasteiger partial charge in [0, 0.05) is 5.57 Å². The van der Waals surface area contributed by atoms with E-state index < -0.39 is 23.6 Å². The van der Waals surface area contributed by atoms with Gasteiger partial charge in [0.15, 0.2) is 0 Å². The molecular formula is C10H14F2O2. The van der Waals surface area contributed by atoms with Crippen LogP contribution in [-0.4, -0.2) is 11.6 Å².